The molecule has 118 valence electrons. The van der Waals surface area contributed by atoms with Crippen LogP contribution in [0.2, 0.25) is 0 Å². The quantitative estimate of drug-likeness (QED) is 0.645. The van der Waals surface area contributed by atoms with Crippen LogP contribution in [0.3, 0.4) is 0 Å². The smallest absolute Gasteiger partial charge is 0.286 e. The summed E-state index contributed by atoms with van der Waals surface area (Å²) < 4.78 is 7.06. The fourth-order valence-corrected chi connectivity index (χ4v) is 2.24. The molecule has 0 fully saturated rings. The lowest BCUT2D eigenvalue weighted by Crippen LogP contribution is -3.00. The molecule has 0 unspecified atom stereocenters. The maximum Gasteiger partial charge on any atom is 0.286 e. The second-order valence-electron chi connectivity index (χ2n) is 4.99. The lowest BCUT2D eigenvalue weighted by atomic mass is 10.1. The Bertz CT molecular complexity index is 743. The summed E-state index contributed by atoms with van der Waals surface area (Å²) in [4.78, 5) is 12.0. The number of hydrogen-bond acceptors (Lipinski definition) is 2. The van der Waals surface area contributed by atoms with Crippen LogP contribution < -0.4 is 22.3 Å². The van der Waals surface area contributed by atoms with Gasteiger partial charge in [-0.1, -0.05) is 30.3 Å². The number of hydrogen-bond donors (Lipinski definition) is 1. The van der Waals surface area contributed by atoms with Gasteiger partial charge in [-0.05, 0) is 23.8 Å². The van der Waals surface area contributed by atoms with Crippen molar-refractivity contribution in [2.45, 2.75) is 13.1 Å². The number of aromatic nitrogens is 1. The number of furan rings is 1. The van der Waals surface area contributed by atoms with E-state index in [9.17, 15) is 4.79 Å². The molecule has 2 aromatic heterocycles. The highest BCUT2D eigenvalue weighted by atomic mass is 35.5. The molecule has 0 saturated heterocycles. The first kappa shape index (κ1) is 16.8. The van der Waals surface area contributed by atoms with Crippen molar-refractivity contribution in [1.82, 2.24) is 5.32 Å². The van der Waals surface area contributed by atoms with E-state index < -0.39 is 0 Å². The minimum absolute atomic E-state index is 0. The summed E-state index contributed by atoms with van der Waals surface area (Å²) in [7, 11) is 0. The number of benzene rings is 1. The SMILES string of the molecule is O=C(C[n+]1cccc(-c2ccccc2)c1)NCc1ccco1.[Cl-]. The number of pyridine rings is 1. The van der Waals surface area contributed by atoms with Crippen LogP contribution in [0.5, 0.6) is 0 Å². The van der Waals surface area contributed by atoms with Crippen LogP contribution >= 0.6 is 0 Å². The lowest BCUT2D eigenvalue weighted by molar-refractivity contribution is -0.684. The zero-order valence-corrected chi connectivity index (χ0v) is 13.2. The molecular formula is C18H17ClN2O2. The molecule has 0 aliphatic heterocycles. The minimum atomic E-state index is -0.0494. The largest absolute Gasteiger partial charge is 1.00 e. The normalized spacial score (nSPS) is 9.91. The second kappa shape index (κ2) is 8.15. The predicted octanol–water partition coefficient (Wildman–Crippen LogP) is -0.445. The zero-order chi connectivity index (χ0) is 15.2. The van der Waals surface area contributed by atoms with Crippen molar-refractivity contribution in [3.63, 3.8) is 0 Å². The molecule has 0 bridgehead atoms. The van der Waals surface area contributed by atoms with Crippen molar-refractivity contribution >= 4 is 5.91 Å². The van der Waals surface area contributed by atoms with Crippen molar-refractivity contribution in [2.75, 3.05) is 0 Å². The van der Waals surface area contributed by atoms with Crippen LogP contribution in [0.25, 0.3) is 11.1 Å². The Labute approximate surface area is 141 Å². The highest BCUT2D eigenvalue weighted by molar-refractivity contribution is 5.74. The van der Waals surface area contributed by atoms with Crippen LogP contribution in [-0.2, 0) is 17.9 Å². The molecule has 2 heterocycles. The van der Waals surface area contributed by atoms with E-state index in [2.05, 4.69) is 17.4 Å². The molecule has 1 aromatic carbocycles. The molecule has 5 heteroatoms. The summed E-state index contributed by atoms with van der Waals surface area (Å²) in [6.45, 7) is 0.687. The van der Waals surface area contributed by atoms with Crippen LogP contribution in [0.1, 0.15) is 5.76 Å². The third kappa shape index (κ3) is 4.69. The molecular weight excluding hydrogens is 312 g/mol. The summed E-state index contributed by atoms with van der Waals surface area (Å²) in [5.41, 5.74) is 2.22. The lowest BCUT2D eigenvalue weighted by Gasteiger charge is -2.03. The monoisotopic (exact) mass is 328 g/mol. The molecule has 3 aromatic rings. The predicted molar refractivity (Wildman–Crippen MR) is 82.6 cm³/mol. The van der Waals surface area contributed by atoms with Crippen LogP contribution in [-0.4, -0.2) is 5.91 Å². The number of amides is 1. The van der Waals surface area contributed by atoms with Gasteiger partial charge in [-0.2, -0.15) is 4.57 Å². The second-order valence-corrected chi connectivity index (χ2v) is 4.99. The Morgan fingerprint density at radius 1 is 1.00 bits per heavy atom. The number of halogens is 1. The van der Waals surface area contributed by atoms with Crippen molar-refractivity contribution in [3.05, 3.63) is 79.0 Å². The average Bonchev–Trinajstić information content (AvgIpc) is 3.08. The molecule has 4 nitrogen and oxygen atoms in total. The highest BCUT2D eigenvalue weighted by Gasteiger charge is 2.11. The van der Waals surface area contributed by atoms with E-state index in [0.29, 0.717) is 6.54 Å². The molecule has 1 amide bonds. The van der Waals surface area contributed by atoms with Gasteiger partial charge in [0, 0.05) is 11.6 Å². The average molecular weight is 329 g/mol. The molecule has 0 aliphatic rings. The molecule has 0 aliphatic carbocycles. The first-order valence-corrected chi connectivity index (χ1v) is 7.15. The summed E-state index contributed by atoms with van der Waals surface area (Å²) in [6.07, 6.45) is 5.46. The van der Waals surface area contributed by atoms with Crippen LogP contribution in [0, 0.1) is 0 Å². The fourth-order valence-electron chi connectivity index (χ4n) is 2.24. The van der Waals surface area contributed by atoms with Crippen LogP contribution in [0.15, 0.2) is 77.7 Å². The van der Waals surface area contributed by atoms with E-state index in [1.807, 2.05) is 53.4 Å². The van der Waals surface area contributed by atoms with Gasteiger partial charge in [0.15, 0.2) is 12.4 Å². The number of carbonyl (C=O) groups excluding carboxylic acids is 1. The highest BCUT2D eigenvalue weighted by Crippen LogP contribution is 2.15. The first-order valence-electron chi connectivity index (χ1n) is 7.15. The summed E-state index contributed by atoms with van der Waals surface area (Å²) in [5, 5.41) is 2.84. The summed E-state index contributed by atoms with van der Waals surface area (Å²) in [5.74, 6) is 0.697. The van der Waals surface area contributed by atoms with E-state index in [0.717, 1.165) is 16.9 Å². The molecule has 0 saturated carbocycles. The molecule has 1 N–H and O–H groups in total. The number of carbonyl (C=O) groups is 1. The number of nitrogens with one attached hydrogen (secondary N) is 1. The molecule has 23 heavy (non-hydrogen) atoms. The molecule has 0 atom stereocenters. The standard InChI is InChI=1S/C18H16N2O2.ClH/c21-18(19-12-17-9-5-11-22-17)14-20-10-4-8-16(13-20)15-6-2-1-3-7-15;/h1-11,13H,12,14H2;1H. The van der Waals surface area contributed by atoms with E-state index in [-0.39, 0.29) is 24.9 Å². The third-order valence-electron chi connectivity index (χ3n) is 3.33. The fraction of sp³-hybridized carbons (Fsp3) is 0.111. The minimum Gasteiger partial charge on any atom is -1.00 e. The molecule has 0 radical (unpaired) electrons. The van der Waals surface area contributed by atoms with E-state index in [1.165, 1.54) is 0 Å². The zero-order valence-electron chi connectivity index (χ0n) is 12.5. The van der Waals surface area contributed by atoms with Crippen molar-refractivity contribution in [2.24, 2.45) is 0 Å². The van der Waals surface area contributed by atoms with Gasteiger partial charge in [0.05, 0.1) is 12.8 Å². The van der Waals surface area contributed by atoms with Gasteiger partial charge in [-0.3, -0.25) is 4.79 Å². The Kier molecular flexibility index (Phi) is 5.94. The Morgan fingerprint density at radius 2 is 1.78 bits per heavy atom. The van der Waals surface area contributed by atoms with Gasteiger partial charge in [0.1, 0.15) is 5.76 Å². The molecule has 3 rings (SSSR count). The maximum atomic E-state index is 12.0. The third-order valence-corrected chi connectivity index (χ3v) is 3.33. The van der Waals surface area contributed by atoms with Gasteiger partial charge in [-0.25, -0.2) is 0 Å². The van der Waals surface area contributed by atoms with Gasteiger partial charge in [0.2, 0.25) is 6.54 Å². The molecule has 0 spiro atoms. The maximum absolute atomic E-state index is 12.0. The number of nitrogens with zero attached hydrogens (tertiary/aromatic N) is 1. The topological polar surface area (TPSA) is 46.1 Å². The number of rotatable bonds is 5. The van der Waals surface area contributed by atoms with E-state index in [1.54, 1.807) is 12.3 Å². The Morgan fingerprint density at radius 3 is 2.52 bits per heavy atom. The van der Waals surface area contributed by atoms with Crippen molar-refractivity contribution in [3.8, 4) is 11.1 Å². The van der Waals surface area contributed by atoms with E-state index >= 15 is 0 Å². The van der Waals surface area contributed by atoms with E-state index in [4.69, 9.17) is 4.42 Å². The summed E-state index contributed by atoms with van der Waals surface area (Å²) >= 11 is 0. The van der Waals surface area contributed by atoms with Crippen LogP contribution in [0.4, 0.5) is 0 Å². The van der Waals surface area contributed by atoms with Gasteiger partial charge < -0.3 is 22.1 Å². The Balaban J connectivity index is 0.00000192. The summed E-state index contributed by atoms with van der Waals surface area (Å²) in [6, 6.07) is 17.7. The van der Waals surface area contributed by atoms with Gasteiger partial charge in [-0.15, -0.1) is 0 Å². The van der Waals surface area contributed by atoms with Crippen molar-refractivity contribution in [1.29, 1.82) is 0 Å². The van der Waals surface area contributed by atoms with Crippen molar-refractivity contribution < 1.29 is 26.2 Å². The first-order chi connectivity index (χ1) is 10.8. The Hall–Kier alpha value is -2.59. The van der Waals surface area contributed by atoms with Gasteiger partial charge in [0.25, 0.3) is 5.91 Å². The van der Waals surface area contributed by atoms with Gasteiger partial charge >= 0.3 is 0 Å².